The zero-order valence-electron chi connectivity index (χ0n) is 9.86. The summed E-state index contributed by atoms with van der Waals surface area (Å²) in [7, 11) is 0. The highest BCUT2D eigenvalue weighted by atomic mass is 16.4. The summed E-state index contributed by atoms with van der Waals surface area (Å²) < 4.78 is 5.62. The topological polar surface area (TPSA) is 52.0 Å². The van der Waals surface area contributed by atoms with Gasteiger partial charge >= 0.3 is 0 Å². The van der Waals surface area contributed by atoms with Crippen molar-refractivity contribution in [2.75, 3.05) is 6.54 Å². The minimum absolute atomic E-state index is 0.249. The molecule has 1 heterocycles. The van der Waals surface area contributed by atoms with E-state index in [0.717, 1.165) is 5.57 Å². The van der Waals surface area contributed by atoms with Gasteiger partial charge in [-0.15, -0.1) is 0 Å². The highest BCUT2D eigenvalue weighted by Crippen LogP contribution is 2.24. The molecule has 0 fully saturated rings. The first-order chi connectivity index (χ1) is 7.51. The number of aromatic nitrogens is 1. The average Bonchev–Trinajstić information content (AvgIpc) is 2.75. The van der Waals surface area contributed by atoms with Crippen LogP contribution in [0.1, 0.15) is 25.5 Å². The van der Waals surface area contributed by atoms with E-state index in [1.807, 2.05) is 19.9 Å². The molecule has 16 heavy (non-hydrogen) atoms. The molecule has 1 aromatic heterocycles. The van der Waals surface area contributed by atoms with Crippen LogP contribution in [0.3, 0.4) is 0 Å². The van der Waals surface area contributed by atoms with Crippen LogP contribution in [0.4, 0.5) is 0 Å². The van der Waals surface area contributed by atoms with Crippen LogP contribution in [0, 0.1) is 0 Å². The van der Waals surface area contributed by atoms with E-state index in [0.29, 0.717) is 18.2 Å². The Hall–Kier alpha value is -1.61. The molecule has 3 heteroatoms. The first-order valence-corrected chi connectivity index (χ1v) is 5.16. The third kappa shape index (κ3) is 2.70. The Morgan fingerprint density at radius 1 is 1.62 bits per heavy atom. The zero-order valence-corrected chi connectivity index (χ0v) is 9.86. The number of oxazole rings is 1. The Bertz CT molecular complexity index is 413. The summed E-state index contributed by atoms with van der Waals surface area (Å²) in [5, 5.41) is 0. The molecule has 0 aliphatic rings. The van der Waals surface area contributed by atoms with E-state index in [-0.39, 0.29) is 5.41 Å². The maximum absolute atomic E-state index is 5.65. The molecule has 0 aliphatic carbocycles. The van der Waals surface area contributed by atoms with Gasteiger partial charge in [-0.1, -0.05) is 31.4 Å². The van der Waals surface area contributed by atoms with Crippen molar-refractivity contribution in [3.63, 3.8) is 0 Å². The lowest BCUT2D eigenvalue weighted by Crippen LogP contribution is -2.28. The molecular weight excluding hydrogens is 200 g/mol. The van der Waals surface area contributed by atoms with Crippen LogP contribution in [0.2, 0.25) is 0 Å². The first kappa shape index (κ1) is 12.5. The molecule has 0 spiro atoms. The van der Waals surface area contributed by atoms with Gasteiger partial charge in [0.05, 0.1) is 11.6 Å². The summed E-state index contributed by atoms with van der Waals surface area (Å²) in [6, 6.07) is 0. The first-order valence-electron chi connectivity index (χ1n) is 5.16. The zero-order chi connectivity index (χ0) is 12.2. The highest BCUT2D eigenvalue weighted by Gasteiger charge is 2.24. The predicted molar refractivity (Wildman–Crippen MR) is 67.0 cm³/mol. The third-order valence-electron chi connectivity index (χ3n) is 2.34. The van der Waals surface area contributed by atoms with Gasteiger partial charge in [0.2, 0.25) is 5.89 Å². The SMILES string of the molecule is C=C/C=C\C(=C)c1cnc(C(C)(C)CN)o1. The summed E-state index contributed by atoms with van der Waals surface area (Å²) in [6.45, 7) is 11.9. The largest absolute Gasteiger partial charge is 0.440 e. The van der Waals surface area contributed by atoms with E-state index in [9.17, 15) is 0 Å². The van der Waals surface area contributed by atoms with Crippen molar-refractivity contribution in [1.29, 1.82) is 0 Å². The fraction of sp³-hybridized carbons (Fsp3) is 0.308. The molecule has 0 saturated carbocycles. The second-order valence-corrected chi connectivity index (χ2v) is 4.24. The molecule has 3 nitrogen and oxygen atoms in total. The van der Waals surface area contributed by atoms with Gasteiger partial charge in [-0.2, -0.15) is 0 Å². The van der Waals surface area contributed by atoms with Crippen molar-refractivity contribution in [2.24, 2.45) is 5.73 Å². The molecule has 0 atom stereocenters. The van der Waals surface area contributed by atoms with Gasteiger partial charge < -0.3 is 10.2 Å². The van der Waals surface area contributed by atoms with Crippen LogP contribution < -0.4 is 5.73 Å². The number of nitrogens with two attached hydrogens (primary N) is 1. The van der Waals surface area contributed by atoms with E-state index in [2.05, 4.69) is 18.1 Å². The van der Waals surface area contributed by atoms with Crippen molar-refractivity contribution in [3.05, 3.63) is 49.2 Å². The summed E-state index contributed by atoms with van der Waals surface area (Å²) in [5.74, 6) is 1.30. The quantitative estimate of drug-likeness (QED) is 0.773. The van der Waals surface area contributed by atoms with E-state index in [4.69, 9.17) is 10.2 Å². The van der Waals surface area contributed by atoms with Crippen molar-refractivity contribution in [1.82, 2.24) is 4.98 Å². The lowest BCUT2D eigenvalue weighted by atomic mass is 9.94. The number of nitrogens with zero attached hydrogens (tertiary/aromatic N) is 1. The van der Waals surface area contributed by atoms with E-state index >= 15 is 0 Å². The Morgan fingerprint density at radius 3 is 2.88 bits per heavy atom. The van der Waals surface area contributed by atoms with Crippen molar-refractivity contribution in [3.8, 4) is 0 Å². The van der Waals surface area contributed by atoms with Gasteiger partial charge in [0.25, 0.3) is 0 Å². The maximum atomic E-state index is 5.65. The lowest BCUT2D eigenvalue weighted by Gasteiger charge is -2.17. The molecule has 0 aliphatic heterocycles. The molecule has 2 N–H and O–H groups in total. The molecule has 0 unspecified atom stereocenters. The van der Waals surface area contributed by atoms with E-state index in [1.54, 1.807) is 18.3 Å². The molecular formula is C13H18N2O. The summed E-state index contributed by atoms with van der Waals surface area (Å²) >= 11 is 0. The summed E-state index contributed by atoms with van der Waals surface area (Å²) in [5.41, 5.74) is 6.17. The highest BCUT2D eigenvalue weighted by molar-refractivity contribution is 5.68. The number of hydrogen-bond donors (Lipinski definition) is 1. The summed E-state index contributed by atoms with van der Waals surface area (Å²) in [4.78, 5) is 4.22. The fourth-order valence-electron chi connectivity index (χ4n) is 1.09. The van der Waals surface area contributed by atoms with Gasteiger partial charge in [-0.05, 0) is 13.8 Å². The fourth-order valence-corrected chi connectivity index (χ4v) is 1.09. The Kier molecular flexibility index (Phi) is 3.85. The number of hydrogen-bond acceptors (Lipinski definition) is 3. The minimum Gasteiger partial charge on any atom is -0.440 e. The lowest BCUT2D eigenvalue weighted by molar-refractivity contribution is 0.371. The average molecular weight is 218 g/mol. The third-order valence-corrected chi connectivity index (χ3v) is 2.34. The maximum Gasteiger partial charge on any atom is 0.201 e. The molecule has 1 aromatic rings. The normalized spacial score (nSPS) is 11.9. The molecule has 0 bridgehead atoms. The monoisotopic (exact) mass is 218 g/mol. The van der Waals surface area contributed by atoms with Crippen LogP contribution in [0.25, 0.3) is 5.57 Å². The Labute approximate surface area is 96.4 Å². The standard InChI is InChI=1S/C13H18N2O/c1-5-6-7-10(2)11-8-15-12(16-11)13(3,4)9-14/h5-8H,1-2,9,14H2,3-4H3/b7-6-. The second-order valence-electron chi connectivity index (χ2n) is 4.24. The number of allylic oxidation sites excluding steroid dienone is 4. The van der Waals surface area contributed by atoms with Gasteiger partial charge in [-0.25, -0.2) is 4.98 Å². The van der Waals surface area contributed by atoms with Crippen LogP contribution in [-0.2, 0) is 5.41 Å². The van der Waals surface area contributed by atoms with Gasteiger partial charge in [0.1, 0.15) is 0 Å². The molecule has 86 valence electrons. The van der Waals surface area contributed by atoms with E-state index in [1.165, 1.54) is 0 Å². The summed E-state index contributed by atoms with van der Waals surface area (Å²) in [6.07, 6.45) is 6.99. The van der Waals surface area contributed by atoms with Crippen molar-refractivity contribution < 1.29 is 4.42 Å². The Balaban J connectivity index is 2.91. The van der Waals surface area contributed by atoms with Gasteiger partial charge in [0.15, 0.2) is 5.76 Å². The number of rotatable bonds is 5. The van der Waals surface area contributed by atoms with Gasteiger partial charge in [-0.3, -0.25) is 0 Å². The molecule has 1 rings (SSSR count). The van der Waals surface area contributed by atoms with E-state index < -0.39 is 0 Å². The van der Waals surface area contributed by atoms with Crippen molar-refractivity contribution in [2.45, 2.75) is 19.3 Å². The van der Waals surface area contributed by atoms with Crippen molar-refractivity contribution >= 4 is 5.57 Å². The van der Waals surface area contributed by atoms with Crippen LogP contribution in [0.15, 0.2) is 42.0 Å². The molecule has 0 saturated heterocycles. The van der Waals surface area contributed by atoms with Gasteiger partial charge in [0, 0.05) is 12.1 Å². The smallest absolute Gasteiger partial charge is 0.201 e. The molecule has 0 radical (unpaired) electrons. The van der Waals surface area contributed by atoms with Crippen LogP contribution in [-0.4, -0.2) is 11.5 Å². The van der Waals surface area contributed by atoms with Crippen LogP contribution >= 0.6 is 0 Å². The second kappa shape index (κ2) is 4.94. The molecule has 0 amide bonds. The Morgan fingerprint density at radius 2 is 2.31 bits per heavy atom. The predicted octanol–water partition coefficient (Wildman–Crippen LogP) is 2.67. The van der Waals surface area contributed by atoms with Crippen LogP contribution in [0.5, 0.6) is 0 Å². The molecule has 0 aromatic carbocycles. The minimum atomic E-state index is -0.249.